The maximum absolute atomic E-state index is 5.78. The van der Waals surface area contributed by atoms with Gasteiger partial charge in [-0.25, -0.2) is 0 Å². The topological polar surface area (TPSA) is 9.23 Å². The molecular formula is C15H23O. The van der Waals surface area contributed by atoms with E-state index in [2.05, 4.69) is 20.8 Å². The van der Waals surface area contributed by atoms with Gasteiger partial charge in [0, 0.05) is 0 Å². The van der Waals surface area contributed by atoms with Crippen molar-refractivity contribution in [1.29, 1.82) is 0 Å². The number of unbranched alkanes of at least 4 members (excludes halogenated alkanes) is 1. The van der Waals surface area contributed by atoms with E-state index >= 15 is 0 Å². The van der Waals surface area contributed by atoms with Crippen LogP contribution in [0.4, 0.5) is 0 Å². The summed E-state index contributed by atoms with van der Waals surface area (Å²) in [7, 11) is 0. The molecule has 1 atom stereocenters. The summed E-state index contributed by atoms with van der Waals surface area (Å²) >= 11 is 0. The van der Waals surface area contributed by atoms with Gasteiger partial charge in [0.25, 0.3) is 0 Å². The van der Waals surface area contributed by atoms with Crippen LogP contribution in [0.3, 0.4) is 0 Å². The van der Waals surface area contributed by atoms with E-state index in [-0.39, 0.29) is 0 Å². The molecule has 0 aliphatic carbocycles. The molecule has 0 aliphatic heterocycles. The van der Waals surface area contributed by atoms with Gasteiger partial charge >= 0.3 is 0 Å². The molecule has 0 bridgehead atoms. The monoisotopic (exact) mass is 219 g/mol. The zero-order chi connectivity index (χ0) is 11.8. The quantitative estimate of drug-likeness (QED) is 0.657. The average molecular weight is 219 g/mol. The molecule has 0 spiro atoms. The molecule has 16 heavy (non-hydrogen) atoms. The number of benzene rings is 1. The van der Waals surface area contributed by atoms with E-state index < -0.39 is 0 Å². The molecule has 1 rings (SSSR count). The Balaban J connectivity index is 2.34. The number of hydrogen-bond donors (Lipinski definition) is 0. The van der Waals surface area contributed by atoms with Gasteiger partial charge in [-0.3, -0.25) is 0 Å². The van der Waals surface area contributed by atoms with Gasteiger partial charge in [-0.15, -0.1) is 0 Å². The molecule has 0 saturated carbocycles. The minimum Gasteiger partial charge on any atom is -0.493 e. The Morgan fingerprint density at radius 1 is 1.19 bits per heavy atom. The van der Waals surface area contributed by atoms with Crippen molar-refractivity contribution in [3.8, 4) is 5.75 Å². The highest BCUT2D eigenvalue weighted by Crippen LogP contribution is 2.16. The van der Waals surface area contributed by atoms with Crippen LogP contribution in [0, 0.1) is 12.8 Å². The summed E-state index contributed by atoms with van der Waals surface area (Å²) in [6.07, 6.45) is 5.06. The molecule has 0 saturated heterocycles. The van der Waals surface area contributed by atoms with Gasteiger partial charge in [-0.05, 0) is 37.0 Å². The third kappa shape index (κ3) is 4.69. The first kappa shape index (κ1) is 13.1. The second-order valence-electron chi connectivity index (χ2n) is 4.37. The van der Waals surface area contributed by atoms with Crippen LogP contribution < -0.4 is 4.74 Å². The van der Waals surface area contributed by atoms with Crippen molar-refractivity contribution in [3.05, 3.63) is 36.8 Å². The van der Waals surface area contributed by atoms with Gasteiger partial charge in [0.2, 0.25) is 0 Å². The normalized spacial score (nSPS) is 12.4. The van der Waals surface area contributed by atoms with E-state index in [1.807, 2.05) is 24.3 Å². The predicted octanol–water partition coefficient (Wildman–Crippen LogP) is 4.46. The van der Waals surface area contributed by atoms with E-state index in [1.165, 1.54) is 25.7 Å². The molecule has 0 N–H and O–H groups in total. The van der Waals surface area contributed by atoms with Crippen LogP contribution in [-0.2, 0) is 0 Å². The van der Waals surface area contributed by atoms with Crippen LogP contribution in [0.1, 0.15) is 45.1 Å². The van der Waals surface area contributed by atoms with Gasteiger partial charge in [0.1, 0.15) is 5.75 Å². The Kier molecular flexibility index (Phi) is 5.99. The molecule has 89 valence electrons. The highest BCUT2D eigenvalue weighted by atomic mass is 16.5. The van der Waals surface area contributed by atoms with Gasteiger partial charge in [-0.2, -0.15) is 0 Å². The lowest BCUT2D eigenvalue weighted by Gasteiger charge is -2.15. The van der Waals surface area contributed by atoms with Gasteiger partial charge in [0.05, 0.1) is 6.61 Å². The number of rotatable bonds is 7. The van der Waals surface area contributed by atoms with Crippen molar-refractivity contribution in [3.63, 3.8) is 0 Å². The molecule has 0 aliphatic rings. The van der Waals surface area contributed by atoms with Crippen molar-refractivity contribution in [2.75, 3.05) is 6.61 Å². The minimum absolute atomic E-state index is 0.694. The van der Waals surface area contributed by atoms with E-state index in [9.17, 15) is 0 Å². The summed E-state index contributed by atoms with van der Waals surface area (Å²) in [5.74, 6) is 1.65. The first-order chi connectivity index (χ1) is 7.76. The summed E-state index contributed by atoms with van der Waals surface area (Å²) < 4.78 is 5.78. The third-order valence-electron chi connectivity index (χ3n) is 2.95. The lowest BCUT2D eigenvalue weighted by Crippen LogP contribution is -2.11. The highest BCUT2D eigenvalue weighted by molar-refractivity contribution is 5.28. The molecule has 0 fully saturated rings. The van der Waals surface area contributed by atoms with Gasteiger partial charge in [-0.1, -0.05) is 45.2 Å². The Labute approximate surface area is 99.8 Å². The van der Waals surface area contributed by atoms with Gasteiger partial charge in [0.15, 0.2) is 0 Å². The van der Waals surface area contributed by atoms with E-state index in [4.69, 9.17) is 4.74 Å². The Morgan fingerprint density at radius 3 is 2.44 bits per heavy atom. The maximum Gasteiger partial charge on any atom is 0.119 e. The summed E-state index contributed by atoms with van der Waals surface area (Å²) in [5.41, 5.74) is 1.03. The maximum atomic E-state index is 5.78. The number of ether oxygens (including phenoxy) is 1. The van der Waals surface area contributed by atoms with Crippen LogP contribution in [-0.4, -0.2) is 6.61 Å². The molecule has 1 radical (unpaired) electrons. The van der Waals surface area contributed by atoms with Crippen molar-refractivity contribution >= 4 is 0 Å². The summed E-state index contributed by atoms with van der Waals surface area (Å²) in [5, 5.41) is 0. The highest BCUT2D eigenvalue weighted by Gasteiger charge is 2.06. The molecule has 0 aromatic heterocycles. The Morgan fingerprint density at radius 2 is 1.88 bits per heavy atom. The first-order valence-corrected chi connectivity index (χ1v) is 6.31. The summed E-state index contributed by atoms with van der Waals surface area (Å²) in [4.78, 5) is 0. The Bertz CT molecular complexity index is 276. The van der Waals surface area contributed by atoms with E-state index in [1.54, 1.807) is 0 Å². The average Bonchev–Trinajstić information content (AvgIpc) is 2.32. The van der Waals surface area contributed by atoms with Crippen LogP contribution in [0.15, 0.2) is 24.3 Å². The standard InChI is InChI=1S/C15H23O/c1-4-6-7-14(5-2)12-16-15-10-8-13(3)9-11-15/h8-11,14H,3-7,12H2,1-2H3. The fourth-order valence-corrected chi connectivity index (χ4v) is 1.70. The summed E-state index contributed by atoms with van der Waals surface area (Å²) in [6.45, 7) is 9.17. The molecule has 0 heterocycles. The zero-order valence-electron chi connectivity index (χ0n) is 10.5. The van der Waals surface area contributed by atoms with Crippen LogP contribution in [0.2, 0.25) is 0 Å². The first-order valence-electron chi connectivity index (χ1n) is 6.31. The lowest BCUT2D eigenvalue weighted by molar-refractivity contribution is 0.233. The van der Waals surface area contributed by atoms with Crippen molar-refractivity contribution in [2.24, 2.45) is 5.92 Å². The fourth-order valence-electron chi connectivity index (χ4n) is 1.70. The van der Waals surface area contributed by atoms with Crippen LogP contribution in [0.25, 0.3) is 0 Å². The molecule has 1 heteroatoms. The van der Waals surface area contributed by atoms with Crippen LogP contribution in [0.5, 0.6) is 5.75 Å². The molecule has 1 aromatic rings. The molecular weight excluding hydrogens is 196 g/mol. The van der Waals surface area contributed by atoms with E-state index in [0.29, 0.717) is 5.92 Å². The van der Waals surface area contributed by atoms with Gasteiger partial charge < -0.3 is 4.74 Å². The second kappa shape index (κ2) is 7.32. The molecule has 1 aromatic carbocycles. The molecule has 1 unspecified atom stereocenters. The molecule has 1 nitrogen and oxygen atoms in total. The van der Waals surface area contributed by atoms with Crippen molar-refractivity contribution < 1.29 is 4.74 Å². The SMILES string of the molecule is [CH2]c1ccc(OCC(CC)CCCC)cc1. The largest absolute Gasteiger partial charge is 0.493 e. The molecule has 0 amide bonds. The lowest BCUT2D eigenvalue weighted by atomic mass is 10.0. The Hall–Kier alpha value is -0.980. The predicted molar refractivity (Wildman–Crippen MR) is 69.7 cm³/mol. The van der Waals surface area contributed by atoms with Crippen LogP contribution >= 0.6 is 0 Å². The van der Waals surface area contributed by atoms with Crippen molar-refractivity contribution in [1.82, 2.24) is 0 Å². The third-order valence-corrected chi connectivity index (χ3v) is 2.95. The zero-order valence-corrected chi connectivity index (χ0v) is 10.5. The number of hydrogen-bond acceptors (Lipinski definition) is 1. The fraction of sp³-hybridized carbons (Fsp3) is 0.533. The second-order valence-corrected chi connectivity index (χ2v) is 4.37. The van der Waals surface area contributed by atoms with E-state index in [0.717, 1.165) is 17.9 Å². The van der Waals surface area contributed by atoms with Crippen molar-refractivity contribution in [2.45, 2.75) is 39.5 Å². The minimum atomic E-state index is 0.694. The smallest absolute Gasteiger partial charge is 0.119 e. The summed E-state index contributed by atoms with van der Waals surface area (Å²) in [6, 6.07) is 7.97.